The summed E-state index contributed by atoms with van der Waals surface area (Å²) in [6, 6.07) is 10.1. The third-order valence-corrected chi connectivity index (χ3v) is 2.96. The van der Waals surface area contributed by atoms with E-state index in [0.29, 0.717) is 0 Å². The van der Waals surface area contributed by atoms with Gasteiger partial charge in [0, 0.05) is 43.3 Å². The molecule has 0 amide bonds. The molecule has 0 saturated carbocycles. The van der Waals surface area contributed by atoms with Crippen molar-refractivity contribution in [2.75, 3.05) is 19.0 Å². The van der Waals surface area contributed by atoms with Crippen LogP contribution in [0.2, 0.25) is 0 Å². The van der Waals surface area contributed by atoms with Gasteiger partial charge in [-0.1, -0.05) is 18.2 Å². The molecule has 0 unspecified atom stereocenters. The van der Waals surface area contributed by atoms with Crippen LogP contribution in [0.3, 0.4) is 0 Å². The Morgan fingerprint density at radius 3 is 2.72 bits per heavy atom. The molecule has 2 aromatic heterocycles. The summed E-state index contributed by atoms with van der Waals surface area (Å²) < 4.78 is 1.79. The lowest BCUT2D eigenvalue weighted by Gasteiger charge is -2.16. The van der Waals surface area contributed by atoms with Crippen LogP contribution in [0, 0.1) is 0 Å². The number of rotatable bonds is 2. The molecule has 0 spiro atoms. The fourth-order valence-corrected chi connectivity index (χ4v) is 2.11. The highest BCUT2D eigenvalue weighted by Crippen LogP contribution is 2.31. The summed E-state index contributed by atoms with van der Waals surface area (Å²) in [4.78, 5) is 6.50. The Morgan fingerprint density at radius 1 is 1.06 bits per heavy atom. The number of hydrogen-bond acceptors (Lipinski definition) is 3. The summed E-state index contributed by atoms with van der Waals surface area (Å²) in [5.41, 5.74) is 4.25. The van der Waals surface area contributed by atoms with Crippen LogP contribution in [0.4, 0.5) is 5.69 Å². The quantitative estimate of drug-likeness (QED) is 0.687. The Labute approximate surface area is 106 Å². The maximum Gasteiger partial charge on any atom is 0.162 e. The van der Waals surface area contributed by atoms with E-state index < -0.39 is 0 Å². The molecular weight excluding hydrogens is 224 g/mol. The molecule has 2 heterocycles. The molecular formula is C14H14N4. The van der Waals surface area contributed by atoms with E-state index in [1.54, 1.807) is 10.7 Å². The van der Waals surface area contributed by atoms with E-state index >= 15 is 0 Å². The van der Waals surface area contributed by atoms with Crippen molar-refractivity contribution in [3.63, 3.8) is 0 Å². The molecule has 0 bridgehead atoms. The van der Waals surface area contributed by atoms with Crippen LogP contribution in [-0.2, 0) is 0 Å². The lowest BCUT2D eigenvalue weighted by molar-refractivity contribution is 0.939. The number of hydrogen-bond donors (Lipinski definition) is 0. The minimum absolute atomic E-state index is 0.881. The highest BCUT2D eigenvalue weighted by Gasteiger charge is 2.11. The molecule has 90 valence electrons. The van der Waals surface area contributed by atoms with Gasteiger partial charge in [0.2, 0.25) is 0 Å². The number of benzene rings is 1. The summed E-state index contributed by atoms with van der Waals surface area (Å²) >= 11 is 0. The molecule has 3 rings (SSSR count). The first-order chi connectivity index (χ1) is 8.77. The molecule has 0 aliphatic rings. The maximum atomic E-state index is 4.40. The van der Waals surface area contributed by atoms with Gasteiger partial charge in [0.25, 0.3) is 0 Å². The van der Waals surface area contributed by atoms with E-state index in [4.69, 9.17) is 0 Å². The molecule has 0 aliphatic heterocycles. The number of nitrogens with zero attached hydrogens (tertiary/aromatic N) is 4. The van der Waals surface area contributed by atoms with Crippen molar-refractivity contribution < 1.29 is 0 Å². The van der Waals surface area contributed by atoms with Crippen molar-refractivity contribution in [3.8, 4) is 11.1 Å². The molecule has 0 N–H and O–H groups in total. The Bertz CT molecular complexity index is 685. The third-order valence-electron chi connectivity index (χ3n) is 2.96. The van der Waals surface area contributed by atoms with Crippen molar-refractivity contribution in [3.05, 3.63) is 48.9 Å². The summed E-state index contributed by atoms with van der Waals surface area (Å²) in [6.45, 7) is 0. The smallest absolute Gasteiger partial charge is 0.162 e. The van der Waals surface area contributed by atoms with Crippen molar-refractivity contribution in [1.82, 2.24) is 14.6 Å². The Hall–Kier alpha value is -2.36. The van der Waals surface area contributed by atoms with Crippen molar-refractivity contribution in [1.29, 1.82) is 0 Å². The van der Waals surface area contributed by atoms with E-state index in [1.165, 1.54) is 0 Å². The Kier molecular flexibility index (Phi) is 2.48. The molecule has 0 aliphatic carbocycles. The van der Waals surface area contributed by atoms with Crippen molar-refractivity contribution in [2.45, 2.75) is 0 Å². The third kappa shape index (κ3) is 1.62. The van der Waals surface area contributed by atoms with E-state index in [2.05, 4.69) is 27.1 Å². The van der Waals surface area contributed by atoms with Crippen LogP contribution in [-0.4, -0.2) is 28.7 Å². The van der Waals surface area contributed by atoms with Gasteiger partial charge in [0.1, 0.15) is 0 Å². The number of fused-ring (bicyclic) bond motifs is 1. The molecule has 0 radical (unpaired) electrons. The first-order valence-corrected chi connectivity index (χ1v) is 5.82. The molecule has 0 atom stereocenters. The summed E-state index contributed by atoms with van der Waals surface area (Å²) in [6.07, 6.45) is 5.56. The van der Waals surface area contributed by atoms with Crippen LogP contribution in [0.5, 0.6) is 0 Å². The lowest BCUT2D eigenvalue weighted by atomic mass is 10.1. The van der Waals surface area contributed by atoms with E-state index in [0.717, 1.165) is 22.5 Å². The van der Waals surface area contributed by atoms with Gasteiger partial charge in [0.05, 0.1) is 6.20 Å². The second-order valence-electron chi connectivity index (χ2n) is 4.36. The Morgan fingerprint density at radius 2 is 1.89 bits per heavy atom. The van der Waals surface area contributed by atoms with Crippen molar-refractivity contribution >= 4 is 11.3 Å². The average molecular weight is 238 g/mol. The van der Waals surface area contributed by atoms with E-state index in [-0.39, 0.29) is 0 Å². The molecule has 3 aromatic rings. The van der Waals surface area contributed by atoms with Gasteiger partial charge < -0.3 is 4.90 Å². The largest absolute Gasteiger partial charge is 0.377 e. The first kappa shape index (κ1) is 10.8. The number of aromatic nitrogens is 3. The van der Waals surface area contributed by atoms with Gasteiger partial charge in [-0.15, -0.1) is 0 Å². The predicted octanol–water partition coefficient (Wildman–Crippen LogP) is 2.46. The summed E-state index contributed by atoms with van der Waals surface area (Å²) in [7, 11) is 4.08. The highest BCUT2D eigenvalue weighted by atomic mass is 15.2. The zero-order chi connectivity index (χ0) is 12.5. The SMILES string of the molecule is CN(C)c1ccccc1-c1cnn2cccnc12. The highest BCUT2D eigenvalue weighted by molar-refractivity contribution is 5.85. The standard InChI is InChI=1S/C14H14N4/c1-17(2)13-7-4-3-6-11(13)12-10-16-18-9-5-8-15-14(12)18/h3-10H,1-2H3. The second-order valence-corrected chi connectivity index (χ2v) is 4.36. The normalized spacial score (nSPS) is 10.8. The fraction of sp³-hybridized carbons (Fsp3) is 0.143. The second kappa shape index (κ2) is 4.14. The zero-order valence-corrected chi connectivity index (χ0v) is 10.4. The van der Waals surface area contributed by atoms with E-state index in [1.807, 2.05) is 44.7 Å². The van der Waals surface area contributed by atoms with Gasteiger partial charge in [-0.05, 0) is 12.1 Å². The van der Waals surface area contributed by atoms with Crippen LogP contribution in [0.15, 0.2) is 48.9 Å². The van der Waals surface area contributed by atoms with Crippen LogP contribution < -0.4 is 4.90 Å². The van der Waals surface area contributed by atoms with Crippen molar-refractivity contribution in [2.24, 2.45) is 0 Å². The fourth-order valence-electron chi connectivity index (χ4n) is 2.11. The zero-order valence-electron chi connectivity index (χ0n) is 10.4. The molecule has 18 heavy (non-hydrogen) atoms. The minimum Gasteiger partial charge on any atom is -0.377 e. The number of anilines is 1. The monoisotopic (exact) mass is 238 g/mol. The Balaban J connectivity index is 2.27. The van der Waals surface area contributed by atoms with Gasteiger partial charge in [0.15, 0.2) is 5.65 Å². The molecule has 4 nitrogen and oxygen atoms in total. The van der Waals surface area contributed by atoms with Gasteiger partial charge in [-0.25, -0.2) is 9.50 Å². The summed E-state index contributed by atoms with van der Waals surface area (Å²) in [5, 5.41) is 4.33. The molecule has 1 aromatic carbocycles. The number of para-hydroxylation sites is 1. The van der Waals surface area contributed by atoms with Gasteiger partial charge >= 0.3 is 0 Å². The lowest BCUT2D eigenvalue weighted by Crippen LogP contribution is -2.09. The van der Waals surface area contributed by atoms with Gasteiger partial charge in [-0.3, -0.25) is 0 Å². The van der Waals surface area contributed by atoms with Gasteiger partial charge in [-0.2, -0.15) is 5.10 Å². The predicted molar refractivity (Wildman–Crippen MR) is 72.8 cm³/mol. The van der Waals surface area contributed by atoms with Crippen LogP contribution in [0.1, 0.15) is 0 Å². The first-order valence-electron chi connectivity index (χ1n) is 5.82. The average Bonchev–Trinajstić information content (AvgIpc) is 2.82. The summed E-state index contributed by atoms with van der Waals surface area (Å²) in [5.74, 6) is 0. The van der Waals surface area contributed by atoms with Crippen LogP contribution >= 0.6 is 0 Å². The topological polar surface area (TPSA) is 33.4 Å². The molecule has 0 fully saturated rings. The minimum atomic E-state index is 0.881. The molecule has 4 heteroatoms. The van der Waals surface area contributed by atoms with Crippen LogP contribution in [0.25, 0.3) is 16.8 Å². The molecule has 0 saturated heterocycles. The maximum absolute atomic E-state index is 4.40. The van der Waals surface area contributed by atoms with E-state index in [9.17, 15) is 0 Å².